The van der Waals surface area contributed by atoms with Crippen LogP contribution in [0.5, 0.6) is 11.5 Å². The first-order valence-electron chi connectivity index (χ1n) is 7.02. The Morgan fingerprint density at radius 1 is 1.25 bits per heavy atom. The highest BCUT2D eigenvalue weighted by Gasteiger charge is 2.22. The van der Waals surface area contributed by atoms with Gasteiger partial charge >= 0.3 is 0 Å². The molecule has 1 aliphatic heterocycles. The minimum Gasteiger partial charge on any atom is -0.488 e. The molecule has 0 radical (unpaired) electrons. The topological polar surface area (TPSA) is 44.5 Å². The number of ether oxygens (including phenoxy) is 2. The maximum atomic E-state index is 6.00. The molecule has 0 fully saturated rings. The Morgan fingerprint density at radius 2 is 2.10 bits per heavy atom. The van der Waals surface area contributed by atoms with Gasteiger partial charge in [-0.2, -0.15) is 0 Å². The van der Waals surface area contributed by atoms with Crippen molar-refractivity contribution < 1.29 is 9.47 Å². The van der Waals surface area contributed by atoms with Gasteiger partial charge in [-0.25, -0.2) is 0 Å². The molecule has 1 heterocycles. The maximum Gasteiger partial charge on any atom is 0.142 e. The van der Waals surface area contributed by atoms with Crippen molar-refractivity contribution in [3.05, 3.63) is 53.6 Å². The van der Waals surface area contributed by atoms with Crippen molar-refractivity contribution in [3.63, 3.8) is 0 Å². The van der Waals surface area contributed by atoms with Gasteiger partial charge in [0.15, 0.2) is 0 Å². The van der Waals surface area contributed by atoms with E-state index in [1.807, 2.05) is 30.3 Å². The summed E-state index contributed by atoms with van der Waals surface area (Å²) < 4.78 is 11.6. The third-order valence-corrected chi connectivity index (χ3v) is 3.62. The predicted octanol–water partition coefficient (Wildman–Crippen LogP) is 3.21. The quantitative estimate of drug-likeness (QED) is 0.867. The molecule has 3 heteroatoms. The van der Waals surface area contributed by atoms with Crippen molar-refractivity contribution in [2.24, 2.45) is 0 Å². The largest absolute Gasteiger partial charge is 0.488 e. The zero-order valence-electron chi connectivity index (χ0n) is 11.6. The first-order chi connectivity index (χ1) is 9.76. The van der Waals surface area contributed by atoms with E-state index in [2.05, 4.69) is 19.1 Å². The molecule has 0 saturated heterocycles. The second-order valence-corrected chi connectivity index (χ2v) is 5.09. The molecule has 0 amide bonds. The van der Waals surface area contributed by atoms with Crippen molar-refractivity contribution in [2.75, 3.05) is 12.3 Å². The average molecular weight is 269 g/mol. The third-order valence-electron chi connectivity index (χ3n) is 3.62. The van der Waals surface area contributed by atoms with Gasteiger partial charge in [-0.15, -0.1) is 0 Å². The molecule has 104 valence electrons. The molecule has 1 aliphatic rings. The van der Waals surface area contributed by atoms with Crippen LogP contribution < -0.4 is 15.2 Å². The van der Waals surface area contributed by atoms with Crippen LogP contribution >= 0.6 is 0 Å². The zero-order chi connectivity index (χ0) is 13.9. The number of aryl methyl sites for hydroxylation is 1. The van der Waals surface area contributed by atoms with Gasteiger partial charge in [-0.1, -0.05) is 31.2 Å². The molecule has 2 N–H and O–H groups in total. The number of para-hydroxylation sites is 1. The molecule has 3 nitrogen and oxygen atoms in total. The minimum absolute atomic E-state index is 0.0673. The van der Waals surface area contributed by atoms with Crippen LogP contribution in [0.1, 0.15) is 18.1 Å². The van der Waals surface area contributed by atoms with Crippen LogP contribution in [-0.4, -0.2) is 12.7 Å². The fourth-order valence-electron chi connectivity index (χ4n) is 2.48. The number of fused-ring (bicyclic) bond motifs is 1. The number of hydrogen-bond acceptors (Lipinski definition) is 3. The second kappa shape index (κ2) is 5.45. The number of benzene rings is 2. The monoisotopic (exact) mass is 269 g/mol. The van der Waals surface area contributed by atoms with Gasteiger partial charge in [0.05, 0.1) is 5.69 Å². The molecule has 1 atom stereocenters. The number of anilines is 1. The Balaban J connectivity index is 1.61. The smallest absolute Gasteiger partial charge is 0.142 e. The lowest BCUT2D eigenvalue weighted by molar-refractivity contribution is 0.149. The van der Waals surface area contributed by atoms with E-state index in [4.69, 9.17) is 15.2 Å². The lowest BCUT2D eigenvalue weighted by atomic mass is 10.1. The molecule has 0 spiro atoms. The molecule has 0 aliphatic carbocycles. The fraction of sp³-hybridized carbons (Fsp3) is 0.294. The normalized spacial score (nSPS) is 16.6. The molecule has 3 rings (SSSR count). The van der Waals surface area contributed by atoms with E-state index in [1.165, 1.54) is 11.1 Å². The Kier molecular flexibility index (Phi) is 3.50. The van der Waals surface area contributed by atoms with E-state index < -0.39 is 0 Å². The summed E-state index contributed by atoms with van der Waals surface area (Å²) in [5.41, 5.74) is 9.16. The summed E-state index contributed by atoms with van der Waals surface area (Å²) in [5, 5.41) is 0. The first-order valence-corrected chi connectivity index (χ1v) is 7.02. The van der Waals surface area contributed by atoms with Gasteiger partial charge in [-0.3, -0.25) is 0 Å². The first kappa shape index (κ1) is 12.9. The molecule has 0 saturated carbocycles. The summed E-state index contributed by atoms with van der Waals surface area (Å²) in [4.78, 5) is 0. The summed E-state index contributed by atoms with van der Waals surface area (Å²) in [5.74, 6) is 1.71. The van der Waals surface area contributed by atoms with Gasteiger partial charge in [-0.05, 0) is 35.7 Å². The van der Waals surface area contributed by atoms with E-state index >= 15 is 0 Å². The van der Waals surface area contributed by atoms with Gasteiger partial charge in [0, 0.05) is 6.42 Å². The number of nitrogens with two attached hydrogens (primary N) is 1. The zero-order valence-corrected chi connectivity index (χ0v) is 11.6. The van der Waals surface area contributed by atoms with Crippen LogP contribution in [0.25, 0.3) is 0 Å². The van der Waals surface area contributed by atoms with Gasteiger partial charge in [0.25, 0.3) is 0 Å². The van der Waals surface area contributed by atoms with Gasteiger partial charge in [0.2, 0.25) is 0 Å². The van der Waals surface area contributed by atoms with Gasteiger partial charge < -0.3 is 15.2 Å². The summed E-state index contributed by atoms with van der Waals surface area (Å²) >= 11 is 0. The van der Waals surface area contributed by atoms with Gasteiger partial charge in [0.1, 0.15) is 24.2 Å². The number of hydrogen-bond donors (Lipinski definition) is 1. The van der Waals surface area contributed by atoms with Crippen LogP contribution in [0.3, 0.4) is 0 Å². The second-order valence-electron chi connectivity index (χ2n) is 5.09. The molecule has 0 bridgehead atoms. The molecular weight excluding hydrogens is 250 g/mol. The SMILES string of the molecule is CCc1ccc(OCC2Cc3ccccc3O2)c(N)c1. The van der Waals surface area contributed by atoms with E-state index in [0.29, 0.717) is 12.3 Å². The number of rotatable bonds is 4. The van der Waals surface area contributed by atoms with Crippen LogP contribution in [0.2, 0.25) is 0 Å². The van der Waals surface area contributed by atoms with Crippen molar-refractivity contribution in [3.8, 4) is 11.5 Å². The summed E-state index contributed by atoms with van der Waals surface area (Å²) in [6, 6.07) is 14.1. The maximum absolute atomic E-state index is 6.00. The molecular formula is C17H19NO2. The highest BCUT2D eigenvalue weighted by molar-refractivity contribution is 5.54. The van der Waals surface area contributed by atoms with E-state index in [1.54, 1.807) is 0 Å². The standard InChI is InChI=1S/C17H19NO2/c1-2-12-7-8-17(15(18)9-12)19-11-14-10-13-5-3-4-6-16(13)20-14/h3-9,14H,2,10-11,18H2,1H3. The van der Waals surface area contributed by atoms with Crippen molar-refractivity contribution in [1.29, 1.82) is 0 Å². The Hall–Kier alpha value is -2.16. The van der Waals surface area contributed by atoms with Crippen LogP contribution in [0, 0.1) is 0 Å². The number of nitrogen functional groups attached to an aromatic ring is 1. The minimum atomic E-state index is 0.0673. The van der Waals surface area contributed by atoms with Crippen LogP contribution in [-0.2, 0) is 12.8 Å². The lowest BCUT2D eigenvalue weighted by Crippen LogP contribution is -2.22. The van der Waals surface area contributed by atoms with Crippen molar-refractivity contribution in [1.82, 2.24) is 0 Å². The lowest BCUT2D eigenvalue weighted by Gasteiger charge is -2.14. The summed E-state index contributed by atoms with van der Waals surface area (Å²) in [6.07, 6.45) is 1.94. The predicted molar refractivity (Wildman–Crippen MR) is 80.3 cm³/mol. The molecule has 2 aromatic rings. The average Bonchev–Trinajstić information content (AvgIpc) is 2.88. The van der Waals surface area contributed by atoms with E-state index in [-0.39, 0.29) is 6.10 Å². The van der Waals surface area contributed by atoms with Crippen LogP contribution in [0.15, 0.2) is 42.5 Å². The highest BCUT2D eigenvalue weighted by atomic mass is 16.5. The molecule has 0 aromatic heterocycles. The third kappa shape index (κ3) is 2.57. The molecule has 20 heavy (non-hydrogen) atoms. The fourth-order valence-corrected chi connectivity index (χ4v) is 2.48. The van der Waals surface area contributed by atoms with Crippen molar-refractivity contribution >= 4 is 5.69 Å². The summed E-state index contributed by atoms with van der Waals surface area (Å²) in [7, 11) is 0. The molecule has 2 aromatic carbocycles. The summed E-state index contributed by atoms with van der Waals surface area (Å²) in [6.45, 7) is 2.63. The Morgan fingerprint density at radius 3 is 2.85 bits per heavy atom. The highest BCUT2D eigenvalue weighted by Crippen LogP contribution is 2.29. The Labute approximate surface area is 119 Å². The van der Waals surface area contributed by atoms with Crippen molar-refractivity contribution in [2.45, 2.75) is 25.9 Å². The van der Waals surface area contributed by atoms with E-state index in [9.17, 15) is 0 Å². The Bertz CT molecular complexity index is 585. The van der Waals surface area contributed by atoms with Crippen LogP contribution in [0.4, 0.5) is 5.69 Å². The van der Waals surface area contributed by atoms with E-state index in [0.717, 1.165) is 24.3 Å². The molecule has 1 unspecified atom stereocenters.